The van der Waals surface area contributed by atoms with E-state index in [0.29, 0.717) is 12.6 Å². The fourth-order valence-corrected chi connectivity index (χ4v) is 2.89. The van der Waals surface area contributed by atoms with Gasteiger partial charge < -0.3 is 15.5 Å². The third-order valence-corrected chi connectivity index (χ3v) is 4.31. The molecule has 5 heteroatoms. The highest BCUT2D eigenvalue weighted by Gasteiger charge is 2.26. The highest BCUT2D eigenvalue weighted by molar-refractivity contribution is 5.79. The van der Waals surface area contributed by atoms with Crippen molar-refractivity contribution in [3.8, 4) is 0 Å². The van der Waals surface area contributed by atoms with Crippen molar-refractivity contribution >= 4 is 11.6 Å². The molecule has 1 amide bonds. The zero-order valence-corrected chi connectivity index (χ0v) is 13.9. The first-order valence-corrected chi connectivity index (χ1v) is 8.24. The Morgan fingerprint density at radius 1 is 1.45 bits per heavy atom. The summed E-state index contributed by atoms with van der Waals surface area (Å²) < 4.78 is 0. The number of likely N-dealkylation sites (tertiary alicyclic amines) is 1. The maximum Gasteiger partial charge on any atom is 0.224 e. The van der Waals surface area contributed by atoms with Gasteiger partial charge in [-0.1, -0.05) is 0 Å². The second-order valence-electron chi connectivity index (χ2n) is 6.34. The molecule has 0 saturated carbocycles. The van der Waals surface area contributed by atoms with Gasteiger partial charge in [0.25, 0.3) is 0 Å². The number of hydrogen-bond donors (Lipinski definition) is 2. The molecule has 0 aromatic carbocycles. The van der Waals surface area contributed by atoms with Crippen LogP contribution in [0.1, 0.15) is 32.3 Å². The minimum Gasteiger partial charge on any atom is -0.383 e. The van der Waals surface area contributed by atoms with E-state index in [2.05, 4.69) is 34.4 Å². The third kappa shape index (κ3) is 4.70. The Balaban J connectivity index is 1.70. The lowest BCUT2D eigenvalue weighted by atomic mass is 9.96. The number of carbonyl (C=O) groups excluding carboxylic acids is 1. The molecule has 0 aliphatic carbocycles. The molecule has 1 atom stereocenters. The Labute approximate surface area is 133 Å². The molecule has 2 rings (SSSR count). The van der Waals surface area contributed by atoms with Crippen molar-refractivity contribution in [2.45, 2.75) is 39.7 Å². The second kappa shape index (κ2) is 8.13. The molecule has 1 saturated heterocycles. The van der Waals surface area contributed by atoms with Gasteiger partial charge in [0.2, 0.25) is 5.91 Å². The number of carbonyl (C=O) groups is 1. The summed E-state index contributed by atoms with van der Waals surface area (Å²) in [6, 6.07) is 2.48. The summed E-state index contributed by atoms with van der Waals surface area (Å²) >= 11 is 0. The van der Waals surface area contributed by atoms with Crippen LogP contribution in [0.3, 0.4) is 0 Å². The summed E-state index contributed by atoms with van der Waals surface area (Å²) in [6.07, 6.45) is 5.73. The average molecular weight is 304 g/mol. The number of anilines is 1. The fourth-order valence-electron chi connectivity index (χ4n) is 2.89. The molecule has 0 bridgehead atoms. The summed E-state index contributed by atoms with van der Waals surface area (Å²) in [6.45, 7) is 9.81. The number of aromatic nitrogens is 1. The van der Waals surface area contributed by atoms with Crippen molar-refractivity contribution in [2.24, 2.45) is 5.92 Å². The van der Waals surface area contributed by atoms with Crippen LogP contribution in [-0.4, -0.2) is 48.0 Å². The summed E-state index contributed by atoms with van der Waals surface area (Å²) in [5.41, 5.74) is 2.20. The molecule has 22 heavy (non-hydrogen) atoms. The van der Waals surface area contributed by atoms with Gasteiger partial charge in [-0.15, -0.1) is 0 Å². The number of hydrogen-bond acceptors (Lipinski definition) is 4. The lowest BCUT2D eigenvalue weighted by molar-refractivity contribution is -0.126. The van der Waals surface area contributed by atoms with E-state index in [1.54, 1.807) is 6.20 Å². The molecule has 0 unspecified atom stereocenters. The largest absolute Gasteiger partial charge is 0.383 e. The monoisotopic (exact) mass is 304 g/mol. The van der Waals surface area contributed by atoms with Gasteiger partial charge in [0.05, 0.1) is 5.92 Å². The molecule has 1 aliphatic heterocycles. The van der Waals surface area contributed by atoms with Crippen LogP contribution < -0.4 is 10.6 Å². The van der Waals surface area contributed by atoms with Gasteiger partial charge in [0.15, 0.2) is 0 Å². The Bertz CT molecular complexity index is 489. The Kier molecular flexibility index (Phi) is 6.19. The van der Waals surface area contributed by atoms with Gasteiger partial charge in [0.1, 0.15) is 0 Å². The number of nitrogens with one attached hydrogen (secondary N) is 2. The van der Waals surface area contributed by atoms with Crippen LogP contribution in [0, 0.1) is 12.8 Å². The summed E-state index contributed by atoms with van der Waals surface area (Å²) in [4.78, 5) is 18.7. The van der Waals surface area contributed by atoms with Gasteiger partial charge in [-0.05, 0) is 51.8 Å². The van der Waals surface area contributed by atoms with E-state index in [1.165, 1.54) is 0 Å². The first-order chi connectivity index (χ1) is 10.6. The van der Waals surface area contributed by atoms with Crippen molar-refractivity contribution in [3.05, 3.63) is 24.0 Å². The molecule has 0 radical (unpaired) electrons. The number of amides is 1. The molecule has 122 valence electrons. The van der Waals surface area contributed by atoms with Crippen molar-refractivity contribution in [1.82, 2.24) is 15.2 Å². The zero-order chi connectivity index (χ0) is 15.9. The molecule has 5 nitrogen and oxygen atoms in total. The quantitative estimate of drug-likeness (QED) is 0.790. The molecule has 1 fully saturated rings. The van der Waals surface area contributed by atoms with Gasteiger partial charge in [0, 0.05) is 43.8 Å². The number of piperidine rings is 1. The molecular formula is C17H28N4O. The first-order valence-electron chi connectivity index (χ1n) is 8.24. The van der Waals surface area contributed by atoms with Gasteiger partial charge >= 0.3 is 0 Å². The smallest absolute Gasteiger partial charge is 0.224 e. The second-order valence-corrected chi connectivity index (χ2v) is 6.34. The predicted molar refractivity (Wildman–Crippen MR) is 89.9 cm³/mol. The molecule has 1 aromatic rings. The van der Waals surface area contributed by atoms with Gasteiger partial charge in [-0.25, -0.2) is 0 Å². The van der Waals surface area contributed by atoms with E-state index in [-0.39, 0.29) is 11.8 Å². The van der Waals surface area contributed by atoms with E-state index >= 15 is 0 Å². The molecule has 1 aromatic heterocycles. The number of rotatable bonds is 6. The molecule has 2 N–H and O–H groups in total. The van der Waals surface area contributed by atoms with E-state index < -0.39 is 0 Å². The van der Waals surface area contributed by atoms with Crippen molar-refractivity contribution in [1.29, 1.82) is 0 Å². The van der Waals surface area contributed by atoms with E-state index in [0.717, 1.165) is 43.7 Å². The van der Waals surface area contributed by atoms with E-state index in [4.69, 9.17) is 0 Å². The summed E-state index contributed by atoms with van der Waals surface area (Å²) in [7, 11) is 0. The summed E-state index contributed by atoms with van der Waals surface area (Å²) in [5, 5.41) is 6.39. The molecular weight excluding hydrogens is 276 g/mol. The standard InChI is InChI=1S/C17H28N4O/c1-13(2)21-10-4-5-15(12-21)17(22)20-9-8-19-16-6-7-18-11-14(16)3/h6-7,11,13,15H,4-5,8-10,12H2,1-3H3,(H,18,19)(H,20,22)/t15-/m1/s1. The highest BCUT2D eigenvalue weighted by Crippen LogP contribution is 2.18. The van der Waals surface area contributed by atoms with Crippen molar-refractivity contribution < 1.29 is 4.79 Å². The SMILES string of the molecule is Cc1cnccc1NCCNC(=O)[C@@H]1CCCN(C(C)C)C1. The third-order valence-electron chi connectivity index (χ3n) is 4.31. The van der Waals surface area contributed by atoms with E-state index in [1.807, 2.05) is 19.2 Å². The van der Waals surface area contributed by atoms with Crippen LogP contribution in [0.5, 0.6) is 0 Å². The van der Waals surface area contributed by atoms with Gasteiger partial charge in [-0.2, -0.15) is 0 Å². The first kappa shape index (κ1) is 16.7. The fraction of sp³-hybridized carbons (Fsp3) is 0.647. The number of nitrogens with zero attached hydrogens (tertiary/aromatic N) is 2. The van der Waals surface area contributed by atoms with Crippen molar-refractivity contribution in [3.63, 3.8) is 0 Å². The minimum atomic E-state index is 0.138. The lowest BCUT2D eigenvalue weighted by Crippen LogP contribution is -2.46. The summed E-state index contributed by atoms with van der Waals surface area (Å²) in [5.74, 6) is 0.331. The van der Waals surface area contributed by atoms with Crippen LogP contribution in [0.25, 0.3) is 0 Å². The highest BCUT2D eigenvalue weighted by atomic mass is 16.1. The Morgan fingerprint density at radius 2 is 2.27 bits per heavy atom. The van der Waals surface area contributed by atoms with E-state index in [9.17, 15) is 4.79 Å². The molecule has 0 spiro atoms. The van der Waals surface area contributed by atoms with Gasteiger partial charge in [-0.3, -0.25) is 9.78 Å². The van der Waals surface area contributed by atoms with Crippen LogP contribution in [0.4, 0.5) is 5.69 Å². The normalized spacial score (nSPS) is 19.2. The van der Waals surface area contributed by atoms with Crippen LogP contribution >= 0.6 is 0 Å². The number of pyridine rings is 1. The maximum atomic E-state index is 12.3. The molecule has 2 heterocycles. The number of aryl methyl sites for hydroxylation is 1. The Morgan fingerprint density at radius 3 is 3.00 bits per heavy atom. The maximum absolute atomic E-state index is 12.3. The lowest BCUT2D eigenvalue weighted by Gasteiger charge is -2.34. The zero-order valence-electron chi connectivity index (χ0n) is 13.9. The molecule has 1 aliphatic rings. The minimum absolute atomic E-state index is 0.138. The topological polar surface area (TPSA) is 57.3 Å². The predicted octanol–water partition coefficient (Wildman–Crippen LogP) is 2.04. The average Bonchev–Trinajstić information content (AvgIpc) is 2.53. The Hall–Kier alpha value is -1.62. The van der Waals surface area contributed by atoms with Crippen molar-refractivity contribution in [2.75, 3.05) is 31.5 Å². The van der Waals surface area contributed by atoms with Crippen LogP contribution in [-0.2, 0) is 4.79 Å². The van der Waals surface area contributed by atoms with Crippen LogP contribution in [0.2, 0.25) is 0 Å². The van der Waals surface area contributed by atoms with Crippen LogP contribution in [0.15, 0.2) is 18.5 Å².